The molecule has 0 aromatic rings. The van der Waals surface area contributed by atoms with Gasteiger partial charge >= 0.3 is 12.1 Å². The molecule has 214 valence electrons. The van der Waals surface area contributed by atoms with Crippen LogP contribution in [-0.2, 0) is 4.74 Å². The number of urea groups is 1. The van der Waals surface area contributed by atoms with E-state index in [0.29, 0.717) is 25.5 Å². The van der Waals surface area contributed by atoms with E-state index < -0.39 is 0 Å². The van der Waals surface area contributed by atoms with E-state index in [4.69, 9.17) is 16.2 Å². The summed E-state index contributed by atoms with van der Waals surface area (Å²) in [5.41, 5.74) is 12.2. The van der Waals surface area contributed by atoms with E-state index in [2.05, 4.69) is 53.4 Å². The number of carbonyl (C=O) groups is 1. The zero-order chi connectivity index (χ0) is 28.7. The number of amides is 2. The van der Waals surface area contributed by atoms with Crippen LogP contribution in [0.4, 0.5) is 4.79 Å². The number of nitrogens with one attached hydrogen (secondary N) is 2. The molecule has 0 unspecified atom stereocenters. The molecular formula is C28H55N7O2. The molecule has 9 nitrogen and oxygen atoms in total. The quantitative estimate of drug-likeness (QED) is 0.0862. The molecule has 1 saturated heterocycles. The van der Waals surface area contributed by atoms with Crippen molar-refractivity contribution in [3.63, 3.8) is 0 Å². The van der Waals surface area contributed by atoms with Gasteiger partial charge in [0.2, 0.25) is 0 Å². The highest BCUT2D eigenvalue weighted by atomic mass is 16.5. The number of aliphatic imine (C=N–C) groups is 2. The summed E-state index contributed by atoms with van der Waals surface area (Å²) in [6.07, 6.45) is 13.2. The first-order valence-electron chi connectivity index (χ1n) is 13.3. The highest BCUT2D eigenvalue weighted by Gasteiger charge is 2.26. The van der Waals surface area contributed by atoms with Crippen molar-refractivity contribution in [3.05, 3.63) is 49.6 Å². The van der Waals surface area contributed by atoms with Crippen LogP contribution >= 0.6 is 0 Å². The van der Waals surface area contributed by atoms with Gasteiger partial charge in [-0.1, -0.05) is 63.5 Å². The van der Waals surface area contributed by atoms with Gasteiger partial charge in [0.15, 0.2) is 0 Å². The van der Waals surface area contributed by atoms with Crippen molar-refractivity contribution in [2.75, 3.05) is 46.0 Å². The summed E-state index contributed by atoms with van der Waals surface area (Å²) >= 11 is 0. The maximum absolute atomic E-state index is 12.1. The molecule has 1 rings (SSSR count). The molecular weight excluding hydrogens is 466 g/mol. The highest BCUT2D eigenvalue weighted by Crippen LogP contribution is 2.04. The van der Waals surface area contributed by atoms with E-state index in [1.807, 2.05) is 39.8 Å². The molecule has 0 aromatic heterocycles. The minimum atomic E-state index is -0.182. The number of hydrogen-bond acceptors (Lipinski definition) is 6. The van der Waals surface area contributed by atoms with Crippen LogP contribution in [0.2, 0.25) is 0 Å². The Morgan fingerprint density at radius 1 is 1.22 bits per heavy atom. The molecule has 0 aliphatic carbocycles. The predicted molar refractivity (Wildman–Crippen MR) is 162 cm³/mol. The minimum absolute atomic E-state index is 0.0862. The van der Waals surface area contributed by atoms with Gasteiger partial charge in [0.25, 0.3) is 0 Å². The normalized spacial score (nSPS) is 14.2. The van der Waals surface area contributed by atoms with Crippen LogP contribution in [0.15, 0.2) is 59.6 Å². The molecule has 0 aromatic carbocycles. The second-order valence-corrected chi connectivity index (χ2v) is 7.50. The van der Waals surface area contributed by atoms with Crippen molar-refractivity contribution >= 4 is 17.9 Å². The molecule has 0 bridgehead atoms. The molecule has 9 heteroatoms. The van der Waals surface area contributed by atoms with Gasteiger partial charge < -0.3 is 26.8 Å². The van der Waals surface area contributed by atoms with Crippen LogP contribution in [0.3, 0.4) is 0 Å². The monoisotopic (exact) mass is 521 g/mol. The van der Waals surface area contributed by atoms with Gasteiger partial charge in [0.1, 0.15) is 5.84 Å². The van der Waals surface area contributed by atoms with E-state index in [9.17, 15) is 4.79 Å². The summed E-state index contributed by atoms with van der Waals surface area (Å²) in [7, 11) is 0. The molecule has 0 atom stereocenters. The summed E-state index contributed by atoms with van der Waals surface area (Å²) < 4.78 is 5.49. The van der Waals surface area contributed by atoms with Gasteiger partial charge in [-0.05, 0) is 46.2 Å². The van der Waals surface area contributed by atoms with E-state index >= 15 is 0 Å². The molecule has 1 aliphatic heterocycles. The number of hydrogen-bond donors (Lipinski definition) is 4. The number of ether oxygens (including phenoxy) is 1. The fraction of sp³-hybridized carbons (Fsp3) is 0.607. The Balaban J connectivity index is -0.00000150. The van der Waals surface area contributed by atoms with Crippen molar-refractivity contribution in [2.24, 2.45) is 21.5 Å². The van der Waals surface area contributed by atoms with Crippen LogP contribution in [0, 0.1) is 0 Å². The van der Waals surface area contributed by atoms with Crippen LogP contribution in [-0.4, -0.2) is 68.8 Å². The fourth-order valence-electron chi connectivity index (χ4n) is 2.74. The van der Waals surface area contributed by atoms with Gasteiger partial charge in [-0.25, -0.2) is 9.79 Å². The first kappa shape index (κ1) is 38.8. The van der Waals surface area contributed by atoms with Gasteiger partial charge in [-0.3, -0.25) is 4.90 Å². The van der Waals surface area contributed by atoms with Crippen LogP contribution in [0.5, 0.6) is 0 Å². The average Bonchev–Trinajstić information content (AvgIpc) is 3.26. The number of unbranched alkanes of at least 4 members (excludes halogenated alkanes) is 3. The minimum Gasteiger partial charge on any atom is -0.464 e. The smallest absolute Gasteiger partial charge is 0.323 e. The SMILES string of the molecule is C=C.C=CC.CC.CCCOC(=N/CN)/N=C1\CNC(=O)N1C/C=C/C=C(\C)CNCCCCCCN. The lowest BCUT2D eigenvalue weighted by Gasteiger charge is -2.13. The molecule has 0 radical (unpaired) electrons. The maximum atomic E-state index is 12.1. The zero-order valence-electron chi connectivity index (χ0n) is 24.2. The van der Waals surface area contributed by atoms with Crippen molar-refractivity contribution in [3.8, 4) is 0 Å². The number of rotatable bonds is 14. The van der Waals surface area contributed by atoms with Crippen molar-refractivity contribution in [2.45, 2.75) is 66.7 Å². The van der Waals surface area contributed by atoms with Crippen LogP contribution in [0.25, 0.3) is 0 Å². The van der Waals surface area contributed by atoms with Gasteiger partial charge in [-0.2, -0.15) is 4.99 Å². The van der Waals surface area contributed by atoms with E-state index in [-0.39, 0.29) is 18.7 Å². The molecule has 1 fully saturated rings. The van der Waals surface area contributed by atoms with Crippen molar-refractivity contribution in [1.82, 2.24) is 15.5 Å². The Kier molecular flexibility index (Phi) is 32.8. The van der Waals surface area contributed by atoms with Crippen molar-refractivity contribution in [1.29, 1.82) is 0 Å². The molecule has 1 aliphatic rings. The second kappa shape index (κ2) is 31.3. The lowest BCUT2D eigenvalue weighted by molar-refractivity contribution is 0.231. The van der Waals surface area contributed by atoms with E-state index in [1.54, 1.807) is 11.0 Å². The molecule has 2 amide bonds. The summed E-state index contributed by atoms with van der Waals surface area (Å²) in [6, 6.07) is 0.0302. The van der Waals surface area contributed by atoms with E-state index in [1.165, 1.54) is 24.8 Å². The van der Waals surface area contributed by atoms with Crippen LogP contribution < -0.4 is 22.1 Å². The highest BCUT2D eigenvalue weighted by molar-refractivity contribution is 6.08. The summed E-state index contributed by atoms with van der Waals surface area (Å²) in [5, 5.41) is 6.22. The third-order valence-corrected chi connectivity index (χ3v) is 4.36. The molecule has 1 heterocycles. The predicted octanol–water partition coefficient (Wildman–Crippen LogP) is 4.74. The number of nitrogens with zero attached hydrogens (tertiary/aromatic N) is 3. The van der Waals surface area contributed by atoms with Gasteiger partial charge in [0.05, 0.1) is 19.8 Å². The third-order valence-electron chi connectivity index (χ3n) is 4.36. The third kappa shape index (κ3) is 23.4. The standard InChI is InChI=1S/C21H39N7O2.C3H6.C2H6.C2H4/c1-3-14-30-20(26-17-23)27-19-16-25-21(29)28(19)13-9-6-10-18(2)15-24-12-8-5-4-7-11-22;1-3-2;2*1-2/h6,9-10,24H,3-5,7-8,11-17,22-23H2,1-2H3,(H,25,29);3H,1H2,2H3;1-2H3;1-2H2/b9-6+,18-10+,26-20+,27-19+;;;. The number of allylic oxidation sites excluding steroid dienone is 3. The summed E-state index contributed by atoms with van der Waals surface area (Å²) in [5.74, 6) is 0.574. The lowest BCUT2D eigenvalue weighted by atomic mass is 10.2. The first-order chi connectivity index (χ1) is 18.0. The zero-order valence-corrected chi connectivity index (χ0v) is 24.2. The molecule has 0 spiro atoms. The maximum Gasteiger partial charge on any atom is 0.323 e. The number of nitrogens with two attached hydrogens (primary N) is 2. The summed E-state index contributed by atoms with van der Waals surface area (Å²) in [6.45, 7) is 23.3. The Morgan fingerprint density at radius 3 is 2.46 bits per heavy atom. The van der Waals surface area contributed by atoms with Gasteiger partial charge in [-0.15, -0.1) is 19.7 Å². The van der Waals surface area contributed by atoms with Crippen LogP contribution in [0.1, 0.15) is 66.7 Å². The Morgan fingerprint density at radius 2 is 1.86 bits per heavy atom. The molecule has 6 N–H and O–H groups in total. The number of carbonyl (C=O) groups excluding carboxylic acids is 1. The topological polar surface area (TPSA) is 130 Å². The number of amidine groups is 2. The van der Waals surface area contributed by atoms with E-state index in [0.717, 1.165) is 32.5 Å². The van der Waals surface area contributed by atoms with Gasteiger partial charge in [0, 0.05) is 13.1 Å². The largest absolute Gasteiger partial charge is 0.464 e. The fourth-order valence-corrected chi connectivity index (χ4v) is 2.74. The van der Waals surface area contributed by atoms with Crippen molar-refractivity contribution < 1.29 is 9.53 Å². The Bertz CT molecular complexity index is 673. The average molecular weight is 522 g/mol. The molecule has 0 saturated carbocycles. The Labute approximate surface area is 226 Å². The molecule has 37 heavy (non-hydrogen) atoms. The Hall–Kier alpha value is -2.75. The first-order valence-corrected chi connectivity index (χ1v) is 13.3. The lowest BCUT2D eigenvalue weighted by Crippen LogP contribution is -2.32. The summed E-state index contributed by atoms with van der Waals surface area (Å²) in [4.78, 5) is 22.1. The second-order valence-electron chi connectivity index (χ2n) is 7.50.